The Morgan fingerprint density at radius 1 is 1.27 bits per heavy atom. The van der Waals surface area contributed by atoms with Gasteiger partial charge in [0.05, 0.1) is 24.4 Å². The minimum absolute atomic E-state index is 0.130. The predicted octanol–water partition coefficient (Wildman–Crippen LogP) is 4.19. The Hall–Kier alpha value is -3.07. The molecule has 0 unspecified atom stereocenters. The minimum Gasteiger partial charge on any atom is -0.438 e. The molecule has 2 amide bonds. The number of rotatable bonds is 4. The van der Waals surface area contributed by atoms with Crippen molar-refractivity contribution in [3.8, 4) is 0 Å². The van der Waals surface area contributed by atoms with Gasteiger partial charge in [0.2, 0.25) is 5.95 Å². The zero-order valence-electron chi connectivity index (χ0n) is 16.4. The highest BCUT2D eigenvalue weighted by Gasteiger charge is 2.28. The molecule has 1 aromatic carbocycles. The number of methoxy groups -OCH3 is 1. The van der Waals surface area contributed by atoms with Gasteiger partial charge >= 0.3 is 12.2 Å². The Balaban J connectivity index is 1.39. The van der Waals surface area contributed by atoms with E-state index in [2.05, 4.69) is 25.3 Å². The quantitative estimate of drug-likeness (QED) is 0.699. The maximum absolute atomic E-state index is 12.6. The Morgan fingerprint density at radius 2 is 2.03 bits per heavy atom. The summed E-state index contributed by atoms with van der Waals surface area (Å²) in [5.41, 5.74) is 1.44. The fourth-order valence-electron chi connectivity index (χ4n) is 3.67. The van der Waals surface area contributed by atoms with Crippen LogP contribution in [0.15, 0.2) is 30.5 Å². The van der Waals surface area contributed by atoms with Crippen LogP contribution in [0, 0.1) is 0 Å². The lowest BCUT2D eigenvalue weighted by Crippen LogP contribution is -2.39. The second-order valence-corrected chi connectivity index (χ2v) is 7.63. The number of carbonyl (C=O) groups excluding carboxylic acids is 2. The number of amides is 2. The minimum atomic E-state index is -0.647. The molecule has 0 atom stereocenters. The third-order valence-corrected chi connectivity index (χ3v) is 5.56. The Morgan fingerprint density at radius 3 is 2.77 bits per heavy atom. The van der Waals surface area contributed by atoms with Gasteiger partial charge in [-0.15, -0.1) is 0 Å². The fourth-order valence-corrected chi connectivity index (χ4v) is 3.91. The van der Waals surface area contributed by atoms with Crippen LogP contribution in [0.3, 0.4) is 0 Å². The van der Waals surface area contributed by atoms with Gasteiger partial charge in [0.1, 0.15) is 11.9 Å². The maximum atomic E-state index is 12.6. The number of anilines is 3. The summed E-state index contributed by atoms with van der Waals surface area (Å²) in [7, 11) is 1.30. The molecule has 1 aliphatic heterocycles. The van der Waals surface area contributed by atoms with Crippen molar-refractivity contribution < 1.29 is 19.1 Å². The summed E-state index contributed by atoms with van der Waals surface area (Å²) in [6.07, 6.45) is 4.03. The number of nitrogens with one attached hydrogen (secondary N) is 2. The second kappa shape index (κ2) is 8.74. The standard InChI is InChI=1S/C20H22ClN5O4/c1-29-20(28)30-14-8-6-13(7-9-14)23-18-22-10-12-11-26(19(27)25-17(12)24-18)16-5-3-2-4-15(16)21/h2-5,10,13-14H,6-9,11H2,1H3,(H2,22,23,24,25,27). The molecule has 158 valence electrons. The Kier molecular flexibility index (Phi) is 5.89. The summed E-state index contributed by atoms with van der Waals surface area (Å²) in [6.45, 7) is 0.334. The van der Waals surface area contributed by atoms with E-state index in [0.29, 0.717) is 29.0 Å². The fraction of sp³-hybridized carbons (Fsp3) is 0.400. The first-order valence-corrected chi connectivity index (χ1v) is 10.1. The number of benzene rings is 1. The zero-order chi connectivity index (χ0) is 21.1. The van der Waals surface area contributed by atoms with Gasteiger partial charge in [-0.05, 0) is 37.8 Å². The molecule has 4 rings (SSSR count). The molecule has 0 spiro atoms. The number of carbonyl (C=O) groups is 2. The van der Waals surface area contributed by atoms with E-state index in [9.17, 15) is 9.59 Å². The van der Waals surface area contributed by atoms with Crippen LogP contribution in [0.1, 0.15) is 31.2 Å². The molecule has 1 aromatic heterocycles. The van der Waals surface area contributed by atoms with Gasteiger partial charge in [0, 0.05) is 17.8 Å². The van der Waals surface area contributed by atoms with Crippen LogP contribution in [0.25, 0.3) is 0 Å². The van der Waals surface area contributed by atoms with Crippen molar-refractivity contribution in [2.75, 3.05) is 22.6 Å². The van der Waals surface area contributed by atoms with Crippen molar-refractivity contribution in [2.45, 2.75) is 44.4 Å². The summed E-state index contributed by atoms with van der Waals surface area (Å²) in [5, 5.41) is 6.62. The molecule has 10 heteroatoms. The Bertz CT molecular complexity index is 949. The zero-order valence-corrected chi connectivity index (χ0v) is 17.2. The van der Waals surface area contributed by atoms with E-state index in [1.807, 2.05) is 12.1 Å². The molecule has 2 N–H and O–H groups in total. The van der Waals surface area contributed by atoms with E-state index in [0.717, 1.165) is 31.2 Å². The van der Waals surface area contributed by atoms with Crippen molar-refractivity contribution in [2.24, 2.45) is 0 Å². The average molecular weight is 432 g/mol. The summed E-state index contributed by atoms with van der Waals surface area (Å²) >= 11 is 6.23. The molecular weight excluding hydrogens is 410 g/mol. The van der Waals surface area contributed by atoms with Crippen LogP contribution < -0.4 is 15.5 Å². The highest BCUT2D eigenvalue weighted by molar-refractivity contribution is 6.34. The number of fused-ring (bicyclic) bond motifs is 1. The van der Waals surface area contributed by atoms with Crippen LogP contribution in [0.2, 0.25) is 5.02 Å². The molecule has 1 aliphatic carbocycles. The third kappa shape index (κ3) is 4.40. The molecule has 1 fully saturated rings. The molecule has 2 heterocycles. The maximum Gasteiger partial charge on any atom is 0.508 e. The van der Waals surface area contributed by atoms with E-state index in [1.165, 1.54) is 7.11 Å². The number of halogens is 1. The number of aromatic nitrogens is 2. The van der Waals surface area contributed by atoms with Crippen molar-refractivity contribution in [1.82, 2.24) is 9.97 Å². The van der Waals surface area contributed by atoms with Gasteiger partial charge in [-0.25, -0.2) is 14.6 Å². The van der Waals surface area contributed by atoms with E-state index >= 15 is 0 Å². The van der Waals surface area contributed by atoms with E-state index in [-0.39, 0.29) is 18.2 Å². The molecule has 30 heavy (non-hydrogen) atoms. The van der Waals surface area contributed by atoms with Gasteiger partial charge in [0.25, 0.3) is 0 Å². The first-order chi connectivity index (χ1) is 14.5. The molecule has 9 nitrogen and oxygen atoms in total. The monoisotopic (exact) mass is 431 g/mol. The van der Waals surface area contributed by atoms with Gasteiger partial charge in [-0.3, -0.25) is 10.2 Å². The van der Waals surface area contributed by atoms with Crippen LogP contribution >= 0.6 is 11.6 Å². The Labute approximate surface area is 178 Å². The topological polar surface area (TPSA) is 106 Å². The molecule has 0 saturated heterocycles. The van der Waals surface area contributed by atoms with Gasteiger partial charge in [-0.2, -0.15) is 4.98 Å². The first kappa shape index (κ1) is 20.2. The molecule has 1 saturated carbocycles. The summed E-state index contributed by atoms with van der Waals surface area (Å²) in [6, 6.07) is 7.06. The predicted molar refractivity (Wildman–Crippen MR) is 112 cm³/mol. The SMILES string of the molecule is COC(=O)OC1CCC(Nc2ncc3c(n2)NC(=O)N(c2ccccc2Cl)C3)CC1. The van der Waals surface area contributed by atoms with Gasteiger partial charge in [-0.1, -0.05) is 23.7 Å². The largest absolute Gasteiger partial charge is 0.508 e. The van der Waals surface area contributed by atoms with E-state index in [1.54, 1.807) is 23.2 Å². The van der Waals surface area contributed by atoms with Crippen LogP contribution in [0.5, 0.6) is 0 Å². The smallest absolute Gasteiger partial charge is 0.438 e. The molecule has 0 bridgehead atoms. The highest BCUT2D eigenvalue weighted by Crippen LogP contribution is 2.31. The number of hydrogen-bond acceptors (Lipinski definition) is 7. The second-order valence-electron chi connectivity index (χ2n) is 7.23. The van der Waals surface area contributed by atoms with Crippen molar-refractivity contribution >= 4 is 41.2 Å². The van der Waals surface area contributed by atoms with Crippen molar-refractivity contribution in [3.63, 3.8) is 0 Å². The summed E-state index contributed by atoms with van der Waals surface area (Å²) in [5.74, 6) is 0.945. The summed E-state index contributed by atoms with van der Waals surface area (Å²) < 4.78 is 9.74. The molecule has 2 aliphatic rings. The van der Waals surface area contributed by atoms with Crippen LogP contribution in [-0.2, 0) is 16.0 Å². The van der Waals surface area contributed by atoms with Crippen LogP contribution in [-0.4, -0.2) is 41.4 Å². The van der Waals surface area contributed by atoms with Gasteiger partial charge in [0.15, 0.2) is 0 Å². The highest BCUT2D eigenvalue weighted by atomic mass is 35.5. The summed E-state index contributed by atoms with van der Waals surface area (Å²) in [4.78, 5) is 34.2. The molecule has 0 radical (unpaired) electrons. The number of hydrogen-bond donors (Lipinski definition) is 2. The number of nitrogens with zero attached hydrogens (tertiary/aromatic N) is 3. The molecular formula is C20H22ClN5O4. The normalized spacial score (nSPS) is 20.7. The van der Waals surface area contributed by atoms with E-state index in [4.69, 9.17) is 16.3 Å². The number of urea groups is 1. The number of para-hydroxylation sites is 1. The van der Waals surface area contributed by atoms with Crippen molar-refractivity contribution in [3.05, 3.63) is 41.0 Å². The van der Waals surface area contributed by atoms with E-state index < -0.39 is 6.16 Å². The third-order valence-electron chi connectivity index (χ3n) is 5.24. The van der Waals surface area contributed by atoms with Gasteiger partial charge < -0.3 is 14.8 Å². The molecule has 2 aromatic rings. The lowest BCUT2D eigenvalue weighted by molar-refractivity contribution is 0.0218. The van der Waals surface area contributed by atoms with Crippen molar-refractivity contribution in [1.29, 1.82) is 0 Å². The first-order valence-electron chi connectivity index (χ1n) is 9.73. The number of ether oxygens (including phenoxy) is 2. The lowest BCUT2D eigenvalue weighted by atomic mass is 9.93. The average Bonchev–Trinajstić information content (AvgIpc) is 2.75. The van der Waals surface area contributed by atoms with Crippen LogP contribution in [0.4, 0.5) is 27.0 Å². The lowest BCUT2D eigenvalue weighted by Gasteiger charge is -2.30.